The van der Waals surface area contributed by atoms with Gasteiger partial charge in [-0.15, -0.1) is 0 Å². The second kappa shape index (κ2) is 12.5. The van der Waals surface area contributed by atoms with Gasteiger partial charge in [-0.25, -0.2) is 4.79 Å². The highest BCUT2D eigenvalue weighted by Gasteiger charge is 2.27. The molecule has 0 bridgehead atoms. The van der Waals surface area contributed by atoms with E-state index in [0.717, 1.165) is 16.7 Å². The molecule has 4 N–H and O–H groups in total. The summed E-state index contributed by atoms with van der Waals surface area (Å²) in [5, 5.41) is 24.4. The lowest BCUT2D eigenvalue weighted by Gasteiger charge is -2.21. The van der Waals surface area contributed by atoms with Crippen LogP contribution in [0.2, 0.25) is 0 Å². The number of nitrogens with one attached hydrogen (secondary N) is 2. The summed E-state index contributed by atoms with van der Waals surface area (Å²) in [6, 6.07) is 12.6. The summed E-state index contributed by atoms with van der Waals surface area (Å²) in [6.07, 6.45) is 1.19. The standard InChI is InChI=1S/C24H30N2O6/c1-16-13-18(10-11-21(16)27)9-6-12-25-19(15-22(28)29)23(30)26-20(24(31)32-2)14-17-7-4-3-5-8-17/h3-5,7-8,10-11,13,19-20,25,27H,6,9,12,14-15H2,1-2H3,(H,26,30)(H,28,29)/t19-,20-/m1/s1. The van der Waals surface area contributed by atoms with Gasteiger partial charge in [0.15, 0.2) is 0 Å². The van der Waals surface area contributed by atoms with Crippen LogP contribution in [-0.2, 0) is 32.0 Å². The average molecular weight is 443 g/mol. The number of carbonyl (C=O) groups is 3. The molecular formula is C24H30N2O6. The normalized spacial score (nSPS) is 12.6. The second-order valence-corrected chi connectivity index (χ2v) is 7.60. The number of hydrogen-bond donors (Lipinski definition) is 4. The zero-order valence-electron chi connectivity index (χ0n) is 18.3. The number of phenolic OH excluding ortho intramolecular Hbond substituents is 1. The molecule has 0 aliphatic rings. The summed E-state index contributed by atoms with van der Waals surface area (Å²) in [4.78, 5) is 36.2. The Morgan fingerprint density at radius 3 is 2.38 bits per heavy atom. The number of aliphatic carboxylic acids is 1. The minimum absolute atomic E-state index is 0.235. The Kier molecular flexibility index (Phi) is 9.69. The molecule has 0 heterocycles. The first kappa shape index (κ1) is 24.9. The van der Waals surface area contributed by atoms with Crippen LogP contribution >= 0.6 is 0 Å². The van der Waals surface area contributed by atoms with E-state index in [1.165, 1.54) is 7.11 Å². The van der Waals surface area contributed by atoms with Gasteiger partial charge in [-0.2, -0.15) is 0 Å². The summed E-state index contributed by atoms with van der Waals surface area (Å²) in [7, 11) is 1.24. The lowest BCUT2D eigenvalue weighted by molar-refractivity contribution is -0.145. The highest BCUT2D eigenvalue weighted by Crippen LogP contribution is 2.17. The van der Waals surface area contributed by atoms with E-state index in [-0.39, 0.29) is 12.2 Å². The Morgan fingerprint density at radius 1 is 1.03 bits per heavy atom. The molecule has 1 amide bonds. The summed E-state index contributed by atoms with van der Waals surface area (Å²) in [6.45, 7) is 2.23. The fraction of sp³-hybridized carbons (Fsp3) is 0.375. The van der Waals surface area contributed by atoms with Crippen molar-refractivity contribution in [1.82, 2.24) is 10.6 Å². The number of carboxylic acids is 1. The number of aromatic hydroxyl groups is 1. The molecule has 0 saturated heterocycles. The third-order valence-corrected chi connectivity index (χ3v) is 5.07. The zero-order chi connectivity index (χ0) is 23.5. The van der Waals surface area contributed by atoms with Crippen molar-refractivity contribution >= 4 is 17.8 Å². The van der Waals surface area contributed by atoms with E-state index in [0.29, 0.717) is 19.4 Å². The molecule has 8 heteroatoms. The van der Waals surface area contributed by atoms with Crippen molar-refractivity contribution in [2.24, 2.45) is 0 Å². The molecule has 2 rings (SSSR count). The van der Waals surface area contributed by atoms with Crippen molar-refractivity contribution < 1.29 is 29.3 Å². The summed E-state index contributed by atoms with van der Waals surface area (Å²) in [5.41, 5.74) is 2.66. The number of hydrogen-bond acceptors (Lipinski definition) is 6. The molecule has 0 aliphatic heterocycles. The summed E-state index contributed by atoms with van der Waals surface area (Å²) >= 11 is 0. The number of carbonyl (C=O) groups excluding carboxylic acids is 2. The Labute approximate surface area is 187 Å². The quantitative estimate of drug-likeness (QED) is 0.293. The maximum atomic E-state index is 12.8. The molecule has 2 aromatic rings. The number of carboxylic acid groups (broad SMARTS) is 1. The molecule has 172 valence electrons. The molecule has 0 spiro atoms. The molecule has 2 aromatic carbocycles. The van der Waals surface area contributed by atoms with Crippen molar-refractivity contribution in [2.45, 2.75) is 44.7 Å². The molecule has 0 fully saturated rings. The van der Waals surface area contributed by atoms with E-state index in [2.05, 4.69) is 10.6 Å². The van der Waals surface area contributed by atoms with Crippen molar-refractivity contribution in [3.8, 4) is 5.75 Å². The Hall–Kier alpha value is -3.39. The van der Waals surface area contributed by atoms with Gasteiger partial charge in [0.25, 0.3) is 0 Å². The number of rotatable bonds is 12. The van der Waals surface area contributed by atoms with Gasteiger partial charge < -0.3 is 25.6 Å². The maximum absolute atomic E-state index is 12.8. The molecule has 0 aromatic heterocycles. The topological polar surface area (TPSA) is 125 Å². The fourth-order valence-corrected chi connectivity index (χ4v) is 3.33. The predicted octanol–water partition coefficient (Wildman–Crippen LogP) is 1.97. The van der Waals surface area contributed by atoms with Crippen molar-refractivity contribution in [3.05, 3.63) is 65.2 Å². The van der Waals surface area contributed by atoms with Crippen LogP contribution in [0.25, 0.3) is 0 Å². The summed E-state index contributed by atoms with van der Waals surface area (Å²) < 4.78 is 4.80. The molecule has 0 aliphatic carbocycles. The first-order chi connectivity index (χ1) is 15.3. The van der Waals surface area contributed by atoms with Gasteiger partial charge >= 0.3 is 11.9 Å². The van der Waals surface area contributed by atoms with E-state index in [1.54, 1.807) is 6.07 Å². The predicted molar refractivity (Wildman–Crippen MR) is 119 cm³/mol. The number of esters is 1. The lowest BCUT2D eigenvalue weighted by atomic mass is 10.0. The average Bonchev–Trinajstić information content (AvgIpc) is 2.77. The first-order valence-electron chi connectivity index (χ1n) is 10.5. The van der Waals surface area contributed by atoms with E-state index < -0.39 is 36.4 Å². The van der Waals surface area contributed by atoms with Gasteiger partial charge in [-0.05, 0) is 49.1 Å². The third kappa shape index (κ3) is 8.03. The van der Waals surface area contributed by atoms with Crippen LogP contribution in [0.1, 0.15) is 29.5 Å². The van der Waals surface area contributed by atoms with E-state index in [1.807, 2.05) is 49.4 Å². The smallest absolute Gasteiger partial charge is 0.328 e. The number of phenols is 1. The second-order valence-electron chi connectivity index (χ2n) is 7.60. The SMILES string of the molecule is COC(=O)[C@@H](Cc1ccccc1)NC(=O)[C@@H](CC(=O)O)NCCCc1ccc(O)c(C)c1. The Bertz CT molecular complexity index is 916. The molecule has 0 radical (unpaired) electrons. The molecule has 2 atom stereocenters. The number of aryl methyl sites for hydroxylation is 2. The van der Waals surface area contributed by atoms with Crippen molar-refractivity contribution in [2.75, 3.05) is 13.7 Å². The van der Waals surface area contributed by atoms with Crippen LogP contribution < -0.4 is 10.6 Å². The summed E-state index contributed by atoms with van der Waals surface area (Å²) in [5.74, 6) is -2.05. The first-order valence-corrected chi connectivity index (χ1v) is 10.5. The van der Waals surface area contributed by atoms with Gasteiger partial charge in [-0.3, -0.25) is 9.59 Å². The van der Waals surface area contributed by atoms with Crippen molar-refractivity contribution in [3.63, 3.8) is 0 Å². The maximum Gasteiger partial charge on any atom is 0.328 e. The van der Waals surface area contributed by atoms with Crippen LogP contribution in [0.15, 0.2) is 48.5 Å². The van der Waals surface area contributed by atoms with Crippen LogP contribution in [0, 0.1) is 6.92 Å². The van der Waals surface area contributed by atoms with Gasteiger partial charge in [-0.1, -0.05) is 42.5 Å². The highest BCUT2D eigenvalue weighted by atomic mass is 16.5. The Balaban J connectivity index is 1.96. The van der Waals surface area contributed by atoms with Crippen LogP contribution in [0.5, 0.6) is 5.75 Å². The van der Waals surface area contributed by atoms with E-state index >= 15 is 0 Å². The highest BCUT2D eigenvalue weighted by molar-refractivity contribution is 5.90. The van der Waals surface area contributed by atoms with Gasteiger partial charge in [0, 0.05) is 6.42 Å². The lowest BCUT2D eigenvalue weighted by Crippen LogP contribution is -2.52. The number of amides is 1. The molecule has 0 unspecified atom stereocenters. The third-order valence-electron chi connectivity index (χ3n) is 5.07. The Morgan fingerprint density at radius 2 is 1.75 bits per heavy atom. The number of methoxy groups -OCH3 is 1. The molecule has 8 nitrogen and oxygen atoms in total. The largest absolute Gasteiger partial charge is 0.508 e. The van der Waals surface area contributed by atoms with Crippen LogP contribution in [-0.4, -0.2) is 53.8 Å². The van der Waals surface area contributed by atoms with Gasteiger partial charge in [0.05, 0.1) is 19.6 Å². The number of benzene rings is 2. The molecular weight excluding hydrogens is 412 g/mol. The van der Waals surface area contributed by atoms with Gasteiger partial charge in [0.1, 0.15) is 11.8 Å². The molecule has 32 heavy (non-hydrogen) atoms. The zero-order valence-corrected chi connectivity index (χ0v) is 18.3. The number of ether oxygens (including phenoxy) is 1. The fourth-order valence-electron chi connectivity index (χ4n) is 3.33. The minimum atomic E-state index is -1.12. The van der Waals surface area contributed by atoms with E-state index in [9.17, 15) is 24.6 Å². The van der Waals surface area contributed by atoms with E-state index in [4.69, 9.17) is 4.74 Å². The van der Waals surface area contributed by atoms with Crippen LogP contribution in [0.4, 0.5) is 0 Å². The molecule has 0 saturated carbocycles. The minimum Gasteiger partial charge on any atom is -0.508 e. The van der Waals surface area contributed by atoms with Crippen LogP contribution in [0.3, 0.4) is 0 Å². The van der Waals surface area contributed by atoms with Crippen molar-refractivity contribution in [1.29, 1.82) is 0 Å². The van der Waals surface area contributed by atoms with Gasteiger partial charge in [0.2, 0.25) is 5.91 Å². The monoisotopic (exact) mass is 442 g/mol.